The first-order valence-electron chi connectivity index (χ1n) is 6.52. The molecule has 0 bridgehead atoms. The predicted octanol–water partition coefficient (Wildman–Crippen LogP) is 1.62. The van der Waals surface area contributed by atoms with Crippen LogP contribution >= 0.6 is 11.6 Å². The average molecular weight is 302 g/mol. The highest BCUT2D eigenvalue weighted by molar-refractivity contribution is 6.32. The van der Waals surface area contributed by atoms with Crippen LogP contribution in [0.4, 0.5) is 0 Å². The van der Waals surface area contributed by atoms with Crippen LogP contribution in [0, 0.1) is 0 Å². The third-order valence-electron chi connectivity index (χ3n) is 2.51. The Morgan fingerprint density at radius 1 is 1.40 bits per heavy atom. The number of ether oxygens (including phenoxy) is 2. The van der Waals surface area contributed by atoms with Crippen molar-refractivity contribution in [1.82, 2.24) is 5.32 Å². The molecule has 1 atom stereocenters. The summed E-state index contributed by atoms with van der Waals surface area (Å²) in [5.41, 5.74) is 0. The molecule has 0 heterocycles. The molecule has 112 valence electrons. The van der Waals surface area contributed by atoms with Crippen molar-refractivity contribution in [2.75, 3.05) is 26.4 Å². The fourth-order valence-corrected chi connectivity index (χ4v) is 1.66. The van der Waals surface area contributed by atoms with Gasteiger partial charge in [-0.1, -0.05) is 23.7 Å². The number of halogens is 1. The Kier molecular flexibility index (Phi) is 8.02. The van der Waals surface area contributed by atoms with Gasteiger partial charge >= 0.3 is 0 Å². The Labute approximate surface area is 123 Å². The molecule has 6 heteroatoms. The summed E-state index contributed by atoms with van der Waals surface area (Å²) in [6, 6.07) is 7.02. The number of aliphatic hydroxyl groups excluding tert-OH is 1. The fourth-order valence-electron chi connectivity index (χ4n) is 1.48. The molecule has 1 aromatic carbocycles. The van der Waals surface area contributed by atoms with Gasteiger partial charge in [-0.15, -0.1) is 0 Å². The van der Waals surface area contributed by atoms with E-state index in [4.69, 9.17) is 26.2 Å². The Morgan fingerprint density at radius 3 is 2.85 bits per heavy atom. The quantitative estimate of drug-likeness (QED) is 0.680. The van der Waals surface area contributed by atoms with E-state index in [1.807, 2.05) is 0 Å². The van der Waals surface area contributed by atoms with Crippen LogP contribution in [-0.4, -0.2) is 43.5 Å². The van der Waals surface area contributed by atoms with Crippen LogP contribution in [0.2, 0.25) is 5.02 Å². The normalized spacial score (nSPS) is 11.9. The summed E-state index contributed by atoms with van der Waals surface area (Å²) in [6.45, 7) is 3.00. The summed E-state index contributed by atoms with van der Waals surface area (Å²) in [6.07, 6.45) is 0.0677. The summed E-state index contributed by atoms with van der Waals surface area (Å²) in [5.74, 6) is 0.287. The fraction of sp³-hybridized carbons (Fsp3) is 0.500. The molecule has 0 saturated heterocycles. The minimum Gasteiger partial charge on any atom is -0.479 e. The van der Waals surface area contributed by atoms with Gasteiger partial charge in [-0.3, -0.25) is 4.79 Å². The van der Waals surface area contributed by atoms with E-state index < -0.39 is 6.10 Å². The van der Waals surface area contributed by atoms with Gasteiger partial charge in [-0.05, 0) is 25.5 Å². The highest BCUT2D eigenvalue weighted by Gasteiger charge is 2.15. The largest absolute Gasteiger partial charge is 0.479 e. The van der Waals surface area contributed by atoms with Gasteiger partial charge < -0.3 is 19.9 Å². The molecule has 0 saturated carbocycles. The topological polar surface area (TPSA) is 67.8 Å². The molecule has 0 spiro atoms. The van der Waals surface area contributed by atoms with E-state index in [1.54, 1.807) is 31.2 Å². The number of nitrogens with one attached hydrogen (secondary N) is 1. The second-order valence-corrected chi connectivity index (χ2v) is 4.58. The Hall–Kier alpha value is -1.30. The molecule has 2 N–H and O–H groups in total. The van der Waals surface area contributed by atoms with Crippen LogP contribution in [0.1, 0.15) is 13.3 Å². The molecule has 0 aliphatic heterocycles. The number of carbonyl (C=O) groups is 1. The van der Waals surface area contributed by atoms with Crippen LogP contribution < -0.4 is 10.1 Å². The first-order valence-corrected chi connectivity index (χ1v) is 6.90. The molecular formula is C14H20ClNO4. The van der Waals surface area contributed by atoms with Crippen molar-refractivity contribution in [2.45, 2.75) is 19.4 Å². The van der Waals surface area contributed by atoms with Gasteiger partial charge in [0.25, 0.3) is 5.91 Å². The van der Waals surface area contributed by atoms with Gasteiger partial charge in [0.15, 0.2) is 6.10 Å². The Morgan fingerprint density at radius 2 is 2.15 bits per heavy atom. The van der Waals surface area contributed by atoms with Crippen molar-refractivity contribution in [3.63, 3.8) is 0 Å². The molecule has 0 aromatic heterocycles. The summed E-state index contributed by atoms with van der Waals surface area (Å²) in [4.78, 5) is 11.8. The first-order chi connectivity index (χ1) is 9.65. The van der Waals surface area contributed by atoms with Gasteiger partial charge in [0.1, 0.15) is 5.75 Å². The second kappa shape index (κ2) is 9.58. The first kappa shape index (κ1) is 16.8. The zero-order valence-electron chi connectivity index (χ0n) is 11.5. The monoisotopic (exact) mass is 301 g/mol. The van der Waals surface area contributed by atoms with Crippen molar-refractivity contribution in [3.8, 4) is 5.75 Å². The van der Waals surface area contributed by atoms with Gasteiger partial charge in [-0.25, -0.2) is 0 Å². The maximum absolute atomic E-state index is 11.8. The van der Waals surface area contributed by atoms with Gasteiger partial charge in [-0.2, -0.15) is 0 Å². The van der Waals surface area contributed by atoms with Crippen LogP contribution in [0.15, 0.2) is 24.3 Å². The summed E-state index contributed by atoms with van der Waals surface area (Å²) >= 11 is 5.95. The molecule has 1 rings (SSSR count). The number of carbonyl (C=O) groups excluding carboxylic acids is 1. The zero-order valence-corrected chi connectivity index (χ0v) is 12.2. The summed E-state index contributed by atoms with van der Waals surface area (Å²) in [5, 5.41) is 11.8. The van der Waals surface area contributed by atoms with E-state index in [0.29, 0.717) is 37.0 Å². The minimum atomic E-state index is -0.617. The van der Waals surface area contributed by atoms with E-state index in [9.17, 15) is 4.79 Å². The number of para-hydroxylation sites is 1. The van der Waals surface area contributed by atoms with Gasteiger partial charge in [0.2, 0.25) is 0 Å². The lowest BCUT2D eigenvalue weighted by Crippen LogP contribution is -2.37. The smallest absolute Gasteiger partial charge is 0.260 e. The molecule has 1 amide bonds. The van der Waals surface area contributed by atoms with Crippen molar-refractivity contribution in [1.29, 1.82) is 0 Å². The van der Waals surface area contributed by atoms with Crippen molar-refractivity contribution in [3.05, 3.63) is 29.3 Å². The number of hydrogen-bond donors (Lipinski definition) is 2. The lowest BCUT2D eigenvalue weighted by molar-refractivity contribution is -0.127. The van der Waals surface area contributed by atoms with Gasteiger partial charge in [0, 0.05) is 13.2 Å². The summed E-state index contributed by atoms with van der Waals surface area (Å²) in [7, 11) is 0. The second-order valence-electron chi connectivity index (χ2n) is 4.17. The number of amides is 1. The average Bonchev–Trinajstić information content (AvgIpc) is 2.44. The number of hydrogen-bond acceptors (Lipinski definition) is 4. The molecule has 0 fully saturated rings. The van der Waals surface area contributed by atoms with Crippen LogP contribution in [-0.2, 0) is 9.53 Å². The highest BCUT2D eigenvalue weighted by atomic mass is 35.5. The molecule has 0 aliphatic carbocycles. The van der Waals surface area contributed by atoms with Crippen molar-refractivity contribution < 1.29 is 19.4 Å². The molecular weight excluding hydrogens is 282 g/mol. The van der Waals surface area contributed by atoms with E-state index in [2.05, 4.69) is 5.32 Å². The van der Waals surface area contributed by atoms with E-state index in [0.717, 1.165) is 0 Å². The molecule has 1 aromatic rings. The van der Waals surface area contributed by atoms with Gasteiger partial charge in [0.05, 0.1) is 18.2 Å². The Bertz CT molecular complexity index is 414. The molecule has 5 nitrogen and oxygen atoms in total. The van der Waals surface area contributed by atoms with E-state index in [-0.39, 0.29) is 12.5 Å². The molecule has 0 aliphatic rings. The third-order valence-corrected chi connectivity index (χ3v) is 2.82. The van der Waals surface area contributed by atoms with E-state index >= 15 is 0 Å². The standard InChI is InChI=1S/C14H20ClNO4/c1-11(20-13-6-3-2-5-12(13)15)14(18)16-7-4-9-19-10-8-17/h2-3,5-6,11,17H,4,7-10H2,1H3,(H,16,18). The number of aliphatic hydroxyl groups is 1. The van der Waals surface area contributed by atoms with Crippen LogP contribution in [0.25, 0.3) is 0 Å². The third kappa shape index (κ3) is 6.23. The lowest BCUT2D eigenvalue weighted by Gasteiger charge is -2.15. The SMILES string of the molecule is CC(Oc1ccccc1Cl)C(=O)NCCCOCCO. The summed E-state index contributed by atoms with van der Waals surface area (Å²) < 4.78 is 10.6. The molecule has 1 unspecified atom stereocenters. The lowest BCUT2D eigenvalue weighted by atomic mass is 10.3. The molecule has 20 heavy (non-hydrogen) atoms. The highest BCUT2D eigenvalue weighted by Crippen LogP contribution is 2.24. The molecule has 0 radical (unpaired) electrons. The van der Waals surface area contributed by atoms with E-state index in [1.165, 1.54) is 0 Å². The zero-order chi connectivity index (χ0) is 14.8. The predicted molar refractivity (Wildman–Crippen MR) is 77.1 cm³/mol. The van der Waals surface area contributed by atoms with Crippen molar-refractivity contribution >= 4 is 17.5 Å². The van der Waals surface area contributed by atoms with Crippen LogP contribution in [0.3, 0.4) is 0 Å². The maximum atomic E-state index is 11.8. The number of benzene rings is 1. The number of rotatable bonds is 9. The Balaban J connectivity index is 2.24. The van der Waals surface area contributed by atoms with Crippen LogP contribution in [0.5, 0.6) is 5.75 Å². The minimum absolute atomic E-state index is 0.00900. The van der Waals surface area contributed by atoms with Crippen molar-refractivity contribution in [2.24, 2.45) is 0 Å². The maximum Gasteiger partial charge on any atom is 0.260 e.